The molecule has 0 spiro atoms. The van der Waals surface area contributed by atoms with Crippen LogP contribution in [0.3, 0.4) is 0 Å². The Balaban J connectivity index is 0.000000171. The summed E-state index contributed by atoms with van der Waals surface area (Å²) in [7, 11) is 1.80. The van der Waals surface area contributed by atoms with E-state index in [1.54, 1.807) is 7.11 Å². The highest BCUT2D eigenvalue weighted by Gasteiger charge is 1.90. The SMILES string of the molecule is C[OH+]c1ccc(C)cc1.Cc1ccc(C)cc1. The fourth-order valence-electron chi connectivity index (χ4n) is 1.33. The van der Waals surface area contributed by atoms with Crippen molar-refractivity contribution >= 4 is 0 Å². The van der Waals surface area contributed by atoms with Crippen LogP contribution in [-0.4, -0.2) is 11.8 Å². The summed E-state index contributed by atoms with van der Waals surface area (Å²) in [4.78, 5) is 0. The molecular weight excluding hydrogens is 208 g/mol. The first-order valence-electron chi connectivity index (χ1n) is 5.81. The molecule has 0 fully saturated rings. The van der Waals surface area contributed by atoms with Crippen LogP contribution in [0.5, 0.6) is 5.75 Å². The van der Waals surface area contributed by atoms with Crippen LogP contribution in [-0.2, 0) is 0 Å². The molecule has 2 aromatic rings. The predicted molar refractivity (Wildman–Crippen MR) is 74.7 cm³/mol. The van der Waals surface area contributed by atoms with E-state index in [0.717, 1.165) is 5.75 Å². The molecule has 2 rings (SSSR count). The van der Waals surface area contributed by atoms with Gasteiger partial charge in [0.25, 0.3) is 5.75 Å². The largest absolute Gasteiger partial charge is 0.585 e. The third-order valence-electron chi connectivity index (χ3n) is 2.51. The Hall–Kier alpha value is -1.76. The van der Waals surface area contributed by atoms with Gasteiger partial charge in [0, 0.05) is 12.1 Å². The van der Waals surface area contributed by atoms with Gasteiger partial charge in [0.2, 0.25) is 0 Å². The first-order chi connectivity index (χ1) is 8.11. The van der Waals surface area contributed by atoms with Gasteiger partial charge in [-0.3, -0.25) is 0 Å². The molecular formula is C16H21O+. The summed E-state index contributed by atoms with van der Waals surface area (Å²) in [5, 5.41) is 0. The lowest BCUT2D eigenvalue weighted by molar-refractivity contribution is 0.136. The summed E-state index contributed by atoms with van der Waals surface area (Å²) in [5.41, 5.74) is 3.94. The molecule has 0 aromatic heterocycles. The maximum atomic E-state index is 4.01. The second-order valence-electron chi connectivity index (χ2n) is 4.21. The summed E-state index contributed by atoms with van der Waals surface area (Å²) in [6.45, 7) is 6.26. The van der Waals surface area contributed by atoms with E-state index < -0.39 is 0 Å². The number of aliphatic hydroxyl groups is 1. The number of aromatic hydroxyl groups is 1. The fraction of sp³-hybridized carbons (Fsp3) is 0.250. The number of hydrogen-bond donors (Lipinski definition) is 0. The molecule has 1 N–H and O–H groups in total. The molecule has 17 heavy (non-hydrogen) atoms. The molecule has 1 heteroatoms. The van der Waals surface area contributed by atoms with Crippen LogP contribution in [0.4, 0.5) is 0 Å². The molecule has 90 valence electrons. The predicted octanol–water partition coefficient (Wildman–Crippen LogP) is 4.17. The van der Waals surface area contributed by atoms with Gasteiger partial charge in [0.05, 0.1) is 0 Å². The van der Waals surface area contributed by atoms with Crippen LogP contribution in [0.15, 0.2) is 48.5 Å². The Morgan fingerprint density at radius 1 is 0.588 bits per heavy atom. The van der Waals surface area contributed by atoms with Crippen LogP contribution in [0.25, 0.3) is 0 Å². The highest BCUT2D eigenvalue weighted by molar-refractivity contribution is 5.25. The molecule has 1 nitrogen and oxygen atoms in total. The maximum Gasteiger partial charge on any atom is 0.254 e. The highest BCUT2D eigenvalue weighted by atomic mass is 16.5. The Labute approximate surface area is 104 Å². The molecule has 0 aliphatic carbocycles. The van der Waals surface area contributed by atoms with Crippen molar-refractivity contribution < 1.29 is 4.74 Å². The van der Waals surface area contributed by atoms with E-state index in [0.29, 0.717) is 0 Å². The monoisotopic (exact) mass is 229 g/mol. The van der Waals surface area contributed by atoms with Gasteiger partial charge in [-0.15, -0.1) is 0 Å². The van der Waals surface area contributed by atoms with Crippen molar-refractivity contribution in [3.63, 3.8) is 0 Å². The van der Waals surface area contributed by atoms with Crippen LogP contribution in [0, 0.1) is 20.8 Å². The lowest BCUT2D eigenvalue weighted by Gasteiger charge is -1.94. The Morgan fingerprint density at radius 3 is 1.18 bits per heavy atom. The highest BCUT2D eigenvalue weighted by Crippen LogP contribution is 2.10. The van der Waals surface area contributed by atoms with Gasteiger partial charge in [-0.1, -0.05) is 53.1 Å². The van der Waals surface area contributed by atoms with Gasteiger partial charge in [-0.25, -0.2) is 0 Å². The minimum absolute atomic E-state index is 1.04. The van der Waals surface area contributed by atoms with E-state index in [1.165, 1.54) is 16.7 Å². The first-order valence-corrected chi connectivity index (χ1v) is 5.81. The standard InChI is InChI=1S/C8H10O.C8H10/c1-7-3-5-8(9-2)6-4-7;1-7-3-5-8(2)6-4-7/h3-6H,1-2H3;3-6H,1-2H3/p+1. The minimum Gasteiger partial charge on any atom is -0.585 e. The molecule has 0 saturated carbocycles. The molecule has 0 unspecified atom stereocenters. The fourth-order valence-corrected chi connectivity index (χ4v) is 1.33. The van der Waals surface area contributed by atoms with Crippen molar-refractivity contribution in [1.29, 1.82) is 0 Å². The lowest BCUT2D eigenvalue weighted by Crippen LogP contribution is -1.76. The summed E-state index contributed by atoms with van der Waals surface area (Å²) in [6, 6.07) is 16.6. The van der Waals surface area contributed by atoms with Crippen molar-refractivity contribution in [1.82, 2.24) is 0 Å². The summed E-state index contributed by atoms with van der Waals surface area (Å²) in [5.74, 6) is 1.04. The van der Waals surface area contributed by atoms with E-state index >= 15 is 0 Å². The van der Waals surface area contributed by atoms with Gasteiger partial charge < -0.3 is 4.74 Å². The topological polar surface area (TPSA) is 12.8 Å². The maximum absolute atomic E-state index is 4.01. The van der Waals surface area contributed by atoms with E-state index in [1.807, 2.05) is 12.1 Å². The first kappa shape index (κ1) is 13.3. The summed E-state index contributed by atoms with van der Waals surface area (Å²) >= 11 is 0. The van der Waals surface area contributed by atoms with Crippen molar-refractivity contribution in [2.75, 3.05) is 7.11 Å². The third kappa shape index (κ3) is 5.21. The zero-order valence-corrected chi connectivity index (χ0v) is 11.1. The van der Waals surface area contributed by atoms with E-state index in [4.69, 9.17) is 0 Å². The number of aryl methyl sites for hydroxylation is 3. The van der Waals surface area contributed by atoms with Crippen LogP contribution in [0.1, 0.15) is 16.7 Å². The third-order valence-corrected chi connectivity index (χ3v) is 2.51. The smallest absolute Gasteiger partial charge is 0.254 e. The number of benzene rings is 2. The normalized spacial score (nSPS) is 9.18. The number of ether oxygens (including phenoxy) is 1. The average molecular weight is 229 g/mol. The van der Waals surface area contributed by atoms with Crippen molar-refractivity contribution in [3.8, 4) is 5.75 Å². The number of hydrogen-bond acceptors (Lipinski definition) is 0. The van der Waals surface area contributed by atoms with Gasteiger partial charge in [0.15, 0.2) is 7.11 Å². The van der Waals surface area contributed by atoms with Gasteiger partial charge in [-0.05, 0) is 20.8 Å². The number of rotatable bonds is 1. The zero-order chi connectivity index (χ0) is 12.7. The van der Waals surface area contributed by atoms with Crippen molar-refractivity contribution in [3.05, 3.63) is 65.2 Å². The van der Waals surface area contributed by atoms with Crippen LogP contribution >= 0.6 is 0 Å². The molecule has 2 aromatic carbocycles. The molecule has 0 saturated heterocycles. The van der Waals surface area contributed by atoms with Crippen LogP contribution in [0.2, 0.25) is 0 Å². The summed E-state index contributed by atoms with van der Waals surface area (Å²) < 4.78 is 4.01. The molecule has 0 aliphatic rings. The van der Waals surface area contributed by atoms with E-state index in [-0.39, 0.29) is 0 Å². The molecule has 0 radical (unpaired) electrons. The molecule has 0 atom stereocenters. The molecule has 0 bridgehead atoms. The second-order valence-corrected chi connectivity index (χ2v) is 4.21. The quantitative estimate of drug-likeness (QED) is 0.651. The molecule has 0 amide bonds. The van der Waals surface area contributed by atoms with E-state index in [2.05, 4.69) is 61.9 Å². The van der Waals surface area contributed by atoms with Crippen LogP contribution < -0.4 is 0 Å². The second kappa shape index (κ2) is 6.74. The van der Waals surface area contributed by atoms with Crippen molar-refractivity contribution in [2.45, 2.75) is 20.8 Å². The Bertz CT molecular complexity index is 405. The van der Waals surface area contributed by atoms with Crippen molar-refractivity contribution in [2.24, 2.45) is 0 Å². The van der Waals surface area contributed by atoms with Gasteiger partial charge in [-0.2, -0.15) is 0 Å². The van der Waals surface area contributed by atoms with E-state index in [9.17, 15) is 0 Å². The Morgan fingerprint density at radius 2 is 0.882 bits per heavy atom. The lowest BCUT2D eigenvalue weighted by atomic mass is 10.2. The Kier molecular flexibility index (Phi) is 5.28. The zero-order valence-electron chi connectivity index (χ0n) is 11.1. The van der Waals surface area contributed by atoms with Gasteiger partial charge in [0.1, 0.15) is 0 Å². The van der Waals surface area contributed by atoms with Gasteiger partial charge >= 0.3 is 0 Å². The summed E-state index contributed by atoms with van der Waals surface area (Å²) in [6.07, 6.45) is 0. The average Bonchev–Trinajstić information content (AvgIpc) is 2.35. The molecule has 0 heterocycles. The minimum atomic E-state index is 1.04. The molecule has 0 aliphatic heterocycles.